The smallest absolute Gasteiger partial charge is 0.251 e. The topological polar surface area (TPSA) is 45.5 Å². The minimum absolute atomic E-state index is 0.0806. The van der Waals surface area contributed by atoms with Crippen LogP contribution in [0, 0.1) is 0 Å². The molecule has 5 heteroatoms. The Balaban J connectivity index is 1.75. The van der Waals surface area contributed by atoms with E-state index in [4.69, 9.17) is 16.0 Å². The minimum Gasteiger partial charge on any atom is -0.468 e. The third-order valence-corrected chi connectivity index (χ3v) is 4.34. The number of nitrogens with one attached hydrogen (secondary N) is 1. The average molecular weight is 369 g/mol. The van der Waals surface area contributed by atoms with Gasteiger partial charge in [0.05, 0.1) is 12.8 Å². The number of halogens is 1. The van der Waals surface area contributed by atoms with Gasteiger partial charge in [-0.2, -0.15) is 0 Å². The van der Waals surface area contributed by atoms with Crippen molar-refractivity contribution in [1.82, 2.24) is 10.2 Å². The van der Waals surface area contributed by atoms with Gasteiger partial charge < -0.3 is 9.73 Å². The first-order valence-electron chi connectivity index (χ1n) is 8.44. The van der Waals surface area contributed by atoms with Crippen LogP contribution in [0.5, 0.6) is 0 Å². The van der Waals surface area contributed by atoms with Crippen molar-refractivity contribution in [2.45, 2.75) is 19.6 Å². The van der Waals surface area contributed by atoms with Crippen molar-refractivity contribution in [1.29, 1.82) is 0 Å². The fourth-order valence-electron chi connectivity index (χ4n) is 2.85. The number of carbonyl (C=O) groups excluding carboxylic acids is 1. The van der Waals surface area contributed by atoms with Gasteiger partial charge in [-0.25, -0.2) is 0 Å². The SMILES string of the molecule is CNC(=O)c1ccc(CN(Cc2cccc(Cl)c2)Cc2ccco2)cc1. The molecule has 0 bridgehead atoms. The summed E-state index contributed by atoms with van der Waals surface area (Å²) in [5, 5.41) is 3.37. The van der Waals surface area contributed by atoms with Crippen LogP contribution in [-0.2, 0) is 19.6 Å². The summed E-state index contributed by atoms with van der Waals surface area (Å²) in [6, 6.07) is 19.4. The fourth-order valence-corrected chi connectivity index (χ4v) is 3.06. The lowest BCUT2D eigenvalue weighted by atomic mass is 10.1. The van der Waals surface area contributed by atoms with E-state index in [9.17, 15) is 4.79 Å². The van der Waals surface area contributed by atoms with Gasteiger partial charge in [0.25, 0.3) is 5.91 Å². The first kappa shape index (κ1) is 18.2. The summed E-state index contributed by atoms with van der Waals surface area (Å²) in [7, 11) is 1.63. The van der Waals surface area contributed by atoms with Crippen molar-refractivity contribution in [3.8, 4) is 0 Å². The number of hydrogen-bond acceptors (Lipinski definition) is 3. The standard InChI is InChI=1S/C21H21ClN2O2/c1-23-21(25)18-9-7-16(8-10-18)13-24(15-20-6-3-11-26-20)14-17-4-2-5-19(22)12-17/h2-12H,13-15H2,1H3,(H,23,25). The zero-order valence-corrected chi connectivity index (χ0v) is 15.4. The number of rotatable bonds is 7. The van der Waals surface area contributed by atoms with Crippen molar-refractivity contribution in [3.63, 3.8) is 0 Å². The Hall–Kier alpha value is -2.56. The molecule has 1 heterocycles. The number of furan rings is 1. The van der Waals surface area contributed by atoms with E-state index in [0.29, 0.717) is 12.1 Å². The highest BCUT2D eigenvalue weighted by molar-refractivity contribution is 6.30. The Bertz CT molecular complexity index is 845. The fraction of sp³-hybridized carbons (Fsp3) is 0.190. The third-order valence-electron chi connectivity index (χ3n) is 4.10. The minimum atomic E-state index is -0.0806. The Kier molecular flexibility index (Phi) is 6.10. The Labute approximate surface area is 158 Å². The average Bonchev–Trinajstić information content (AvgIpc) is 3.14. The van der Waals surface area contributed by atoms with Crippen molar-refractivity contribution in [3.05, 3.63) is 94.4 Å². The molecule has 2 aromatic carbocycles. The van der Waals surface area contributed by atoms with E-state index in [1.165, 1.54) is 0 Å². The monoisotopic (exact) mass is 368 g/mol. The molecule has 0 aliphatic heterocycles. The predicted molar refractivity (Wildman–Crippen MR) is 103 cm³/mol. The molecule has 3 rings (SSSR count). The second kappa shape index (κ2) is 8.70. The van der Waals surface area contributed by atoms with Crippen LogP contribution in [0.3, 0.4) is 0 Å². The molecule has 134 valence electrons. The molecule has 1 N–H and O–H groups in total. The molecule has 1 amide bonds. The van der Waals surface area contributed by atoms with Crippen LogP contribution in [0.1, 0.15) is 27.2 Å². The summed E-state index contributed by atoms with van der Waals surface area (Å²) < 4.78 is 5.51. The number of amides is 1. The van der Waals surface area contributed by atoms with Gasteiger partial charge >= 0.3 is 0 Å². The van der Waals surface area contributed by atoms with E-state index in [-0.39, 0.29) is 5.91 Å². The predicted octanol–water partition coefficient (Wildman–Crippen LogP) is 4.50. The number of hydrogen-bond donors (Lipinski definition) is 1. The van der Waals surface area contributed by atoms with E-state index < -0.39 is 0 Å². The van der Waals surface area contributed by atoms with Gasteiger partial charge in [0.1, 0.15) is 5.76 Å². The summed E-state index contributed by atoms with van der Waals surface area (Å²) in [5.41, 5.74) is 2.93. The molecule has 4 nitrogen and oxygen atoms in total. The van der Waals surface area contributed by atoms with Gasteiger partial charge in [-0.1, -0.05) is 35.9 Å². The van der Waals surface area contributed by atoms with Gasteiger partial charge in [0, 0.05) is 30.7 Å². The number of benzene rings is 2. The number of nitrogens with zero attached hydrogens (tertiary/aromatic N) is 1. The molecule has 0 aliphatic rings. The molecule has 0 saturated carbocycles. The van der Waals surface area contributed by atoms with E-state index in [1.807, 2.05) is 54.6 Å². The van der Waals surface area contributed by atoms with Gasteiger partial charge in [-0.3, -0.25) is 9.69 Å². The van der Waals surface area contributed by atoms with Crippen LogP contribution in [0.4, 0.5) is 0 Å². The third kappa shape index (κ3) is 4.97. The highest BCUT2D eigenvalue weighted by Gasteiger charge is 2.11. The lowest BCUT2D eigenvalue weighted by Crippen LogP contribution is -2.22. The highest BCUT2D eigenvalue weighted by atomic mass is 35.5. The lowest BCUT2D eigenvalue weighted by molar-refractivity contribution is 0.0963. The van der Waals surface area contributed by atoms with Crippen LogP contribution in [0.2, 0.25) is 5.02 Å². The molecule has 0 unspecified atom stereocenters. The van der Waals surface area contributed by atoms with E-state index >= 15 is 0 Å². The molecule has 0 spiro atoms. The van der Waals surface area contributed by atoms with Crippen molar-refractivity contribution in [2.24, 2.45) is 0 Å². The van der Waals surface area contributed by atoms with Gasteiger partial charge in [-0.05, 0) is 47.5 Å². The molecule has 0 aliphatic carbocycles. The van der Waals surface area contributed by atoms with Crippen LogP contribution in [0.25, 0.3) is 0 Å². The molecular weight excluding hydrogens is 348 g/mol. The second-order valence-electron chi connectivity index (χ2n) is 6.13. The normalized spacial score (nSPS) is 10.9. The van der Waals surface area contributed by atoms with Crippen LogP contribution >= 0.6 is 11.6 Å². The summed E-state index contributed by atoms with van der Waals surface area (Å²) in [6.07, 6.45) is 1.69. The van der Waals surface area contributed by atoms with Crippen molar-refractivity contribution in [2.75, 3.05) is 7.05 Å². The van der Waals surface area contributed by atoms with E-state index in [2.05, 4.69) is 16.3 Å². The summed E-state index contributed by atoms with van der Waals surface area (Å²) in [5.74, 6) is 0.830. The van der Waals surface area contributed by atoms with Gasteiger partial charge in [-0.15, -0.1) is 0 Å². The van der Waals surface area contributed by atoms with Crippen LogP contribution in [0.15, 0.2) is 71.3 Å². The molecular formula is C21H21ClN2O2. The van der Waals surface area contributed by atoms with Crippen molar-refractivity contribution >= 4 is 17.5 Å². The summed E-state index contributed by atoms with van der Waals surface area (Å²) in [6.45, 7) is 2.18. The van der Waals surface area contributed by atoms with Crippen molar-refractivity contribution < 1.29 is 9.21 Å². The molecule has 3 aromatic rings. The zero-order valence-electron chi connectivity index (χ0n) is 14.6. The van der Waals surface area contributed by atoms with E-state index in [0.717, 1.165) is 35.0 Å². The van der Waals surface area contributed by atoms with Gasteiger partial charge in [0.2, 0.25) is 0 Å². The summed E-state index contributed by atoms with van der Waals surface area (Å²) >= 11 is 6.12. The Morgan fingerprint density at radius 2 is 1.77 bits per heavy atom. The quantitative estimate of drug-likeness (QED) is 0.668. The van der Waals surface area contributed by atoms with E-state index in [1.54, 1.807) is 13.3 Å². The first-order valence-corrected chi connectivity index (χ1v) is 8.82. The van der Waals surface area contributed by atoms with Crippen LogP contribution in [-0.4, -0.2) is 17.9 Å². The highest BCUT2D eigenvalue weighted by Crippen LogP contribution is 2.17. The number of carbonyl (C=O) groups is 1. The molecule has 0 fully saturated rings. The maximum atomic E-state index is 11.7. The second-order valence-corrected chi connectivity index (χ2v) is 6.57. The Morgan fingerprint density at radius 3 is 2.42 bits per heavy atom. The maximum absolute atomic E-state index is 11.7. The maximum Gasteiger partial charge on any atom is 0.251 e. The molecule has 0 radical (unpaired) electrons. The molecule has 1 aromatic heterocycles. The lowest BCUT2D eigenvalue weighted by Gasteiger charge is -2.22. The van der Waals surface area contributed by atoms with Gasteiger partial charge in [0.15, 0.2) is 0 Å². The largest absolute Gasteiger partial charge is 0.468 e. The first-order chi connectivity index (χ1) is 12.6. The Morgan fingerprint density at radius 1 is 1.00 bits per heavy atom. The summed E-state index contributed by atoms with van der Waals surface area (Å²) in [4.78, 5) is 14.0. The molecule has 26 heavy (non-hydrogen) atoms. The molecule has 0 saturated heterocycles. The molecule has 0 atom stereocenters. The van der Waals surface area contributed by atoms with Crippen LogP contribution < -0.4 is 5.32 Å². The zero-order chi connectivity index (χ0) is 18.4.